The predicted molar refractivity (Wildman–Crippen MR) is 157 cm³/mol. The zero-order valence-electron chi connectivity index (χ0n) is 21.6. The number of rotatable bonds is 7. The van der Waals surface area contributed by atoms with E-state index < -0.39 is 17.1 Å². The van der Waals surface area contributed by atoms with Crippen molar-refractivity contribution < 1.29 is 18.7 Å². The molecule has 3 aromatic carbocycles. The minimum atomic E-state index is -0.456. The first-order chi connectivity index (χ1) is 18.5. The van der Waals surface area contributed by atoms with E-state index in [-0.39, 0.29) is 12.2 Å². The van der Waals surface area contributed by atoms with Gasteiger partial charge in [0.1, 0.15) is 11.6 Å². The molecule has 0 radical (unpaired) electrons. The van der Waals surface area contributed by atoms with E-state index in [4.69, 9.17) is 14.5 Å². The third-order valence-electron chi connectivity index (χ3n) is 5.53. The van der Waals surface area contributed by atoms with Crippen LogP contribution < -0.4 is 20.3 Å². The number of methoxy groups -OCH3 is 1. The van der Waals surface area contributed by atoms with Crippen molar-refractivity contribution in [2.75, 3.05) is 19.0 Å². The molecule has 1 heterocycles. The molecule has 0 saturated heterocycles. The van der Waals surface area contributed by atoms with Gasteiger partial charge >= 0.3 is 0 Å². The topological polar surface area (TPSA) is 94.8 Å². The van der Waals surface area contributed by atoms with Crippen LogP contribution in [0.3, 0.4) is 0 Å². The predicted octanol–water partition coefficient (Wildman–Crippen LogP) is 6.27. The highest BCUT2D eigenvalue weighted by Gasteiger charge is 2.23. The average Bonchev–Trinajstić information content (AvgIpc) is 2.88. The van der Waals surface area contributed by atoms with Crippen LogP contribution in [0.4, 0.5) is 10.1 Å². The highest BCUT2D eigenvalue weighted by Crippen LogP contribution is 2.36. The highest BCUT2D eigenvalue weighted by molar-refractivity contribution is 9.10. The number of carbonyl (C=O) groups is 1. The second kappa shape index (κ2) is 11.7. The van der Waals surface area contributed by atoms with E-state index in [9.17, 15) is 14.0 Å². The van der Waals surface area contributed by atoms with Crippen LogP contribution in [0, 0.1) is 5.82 Å². The van der Waals surface area contributed by atoms with Crippen molar-refractivity contribution in [2.24, 2.45) is 5.10 Å². The summed E-state index contributed by atoms with van der Waals surface area (Å²) < 4.78 is 26.9. The maximum Gasteiger partial charge on any atom is 0.282 e. The fourth-order valence-corrected chi connectivity index (χ4v) is 4.62. The molecule has 0 spiro atoms. The first kappa shape index (κ1) is 28.4. The number of halogens is 3. The number of nitrogens with one attached hydrogen (secondary N) is 1. The van der Waals surface area contributed by atoms with Crippen LogP contribution in [0.1, 0.15) is 32.2 Å². The minimum absolute atomic E-state index is 0.291. The van der Waals surface area contributed by atoms with Gasteiger partial charge in [-0.05, 0) is 76.1 Å². The Morgan fingerprint density at radius 1 is 1.13 bits per heavy atom. The number of nitrogens with zero attached hydrogens (tertiary/aromatic N) is 3. The molecule has 0 saturated carbocycles. The SMILES string of the molecule is COc1cc(C=Nn2c(C(C)(C)C)nc3ccc(Br)cc3c2=O)cc(Br)c1OCC(=O)Nc1ccc(F)cc1. The zero-order valence-corrected chi connectivity index (χ0v) is 24.8. The van der Waals surface area contributed by atoms with Gasteiger partial charge in [-0.1, -0.05) is 36.7 Å². The van der Waals surface area contributed by atoms with Crippen molar-refractivity contribution >= 4 is 60.6 Å². The van der Waals surface area contributed by atoms with Crippen molar-refractivity contribution in [1.82, 2.24) is 9.66 Å². The number of anilines is 1. The quantitative estimate of drug-likeness (QED) is 0.236. The number of fused-ring (bicyclic) bond motifs is 1. The van der Waals surface area contributed by atoms with Crippen LogP contribution in [0.5, 0.6) is 11.5 Å². The van der Waals surface area contributed by atoms with Crippen molar-refractivity contribution in [2.45, 2.75) is 26.2 Å². The second-order valence-electron chi connectivity index (χ2n) is 9.59. The van der Waals surface area contributed by atoms with Gasteiger partial charge in [0.25, 0.3) is 11.5 Å². The fraction of sp³-hybridized carbons (Fsp3) is 0.214. The summed E-state index contributed by atoms with van der Waals surface area (Å²) in [6, 6.07) is 14.2. The van der Waals surface area contributed by atoms with Crippen LogP contribution in [0.2, 0.25) is 0 Å². The normalized spacial score (nSPS) is 11.7. The summed E-state index contributed by atoms with van der Waals surface area (Å²) in [5.74, 6) is 0.353. The summed E-state index contributed by atoms with van der Waals surface area (Å²) in [7, 11) is 1.47. The van der Waals surface area contributed by atoms with E-state index in [1.807, 2.05) is 26.8 Å². The van der Waals surface area contributed by atoms with Gasteiger partial charge in [-0.3, -0.25) is 9.59 Å². The second-order valence-corrected chi connectivity index (χ2v) is 11.4. The maximum absolute atomic E-state index is 13.4. The molecule has 0 aliphatic carbocycles. The molecule has 4 rings (SSSR count). The van der Waals surface area contributed by atoms with Crippen LogP contribution in [0.25, 0.3) is 10.9 Å². The molecule has 39 heavy (non-hydrogen) atoms. The van der Waals surface area contributed by atoms with Gasteiger partial charge in [-0.15, -0.1) is 0 Å². The largest absolute Gasteiger partial charge is 0.493 e. The number of benzene rings is 3. The molecule has 0 fully saturated rings. The number of hydrogen-bond donors (Lipinski definition) is 1. The highest BCUT2D eigenvalue weighted by atomic mass is 79.9. The summed E-state index contributed by atoms with van der Waals surface area (Å²) in [5.41, 5.74) is 0.905. The number of hydrogen-bond acceptors (Lipinski definition) is 6. The zero-order chi connectivity index (χ0) is 28.3. The van der Waals surface area contributed by atoms with E-state index in [1.165, 1.54) is 42.3 Å². The lowest BCUT2D eigenvalue weighted by atomic mass is 9.95. The van der Waals surface area contributed by atoms with E-state index >= 15 is 0 Å². The summed E-state index contributed by atoms with van der Waals surface area (Å²) in [6.45, 7) is 5.58. The number of ether oxygens (including phenoxy) is 2. The Labute approximate surface area is 241 Å². The molecule has 0 bridgehead atoms. The van der Waals surface area contributed by atoms with Crippen molar-refractivity contribution in [3.8, 4) is 11.5 Å². The first-order valence-corrected chi connectivity index (χ1v) is 13.4. The monoisotopic (exact) mass is 658 g/mol. The summed E-state index contributed by atoms with van der Waals surface area (Å²) in [4.78, 5) is 30.4. The standard InChI is InChI=1S/C28H25Br2FN4O4/c1-28(2,3)27-34-22-10-5-17(29)13-20(22)26(37)35(27)32-14-16-11-21(30)25(23(12-16)38-4)39-15-24(36)33-19-8-6-18(31)7-9-19/h5-14H,15H2,1-4H3,(H,33,36). The summed E-state index contributed by atoms with van der Waals surface area (Å²) in [6.07, 6.45) is 1.53. The molecule has 1 amide bonds. The van der Waals surface area contributed by atoms with E-state index in [0.717, 1.165) is 4.47 Å². The Balaban J connectivity index is 1.61. The van der Waals surface area contributed by atoms with Crippen LogP contribution in [-0.4, -0.2) is 35.5 Å². The molecule has 0 unspecified atom stereocenters. The molecule has 0 aliphatic heterocycles. The van der Waals surface area contributed by atoms with Gasteiger partial charge < -0.3 is 14.8 Å². The van der Waals surface area contributed by atoms with Crippen molar-refractivity contribution in [3.63, 3.8) is 0 Å². The van der Waals surface area contributed by atoms with Crippen LogP contribution >= 0.6 is 31.9 Å². The number of amides is 1. The van der Waals surface area contributed by atoms with Gasteiger partial charge in [0, 0.05) is 15.6 Å². The third kappa shape index (κ3) is 6.72. The fourth-order valence-electron chi connectivity index (χ4n) is 3.69. The molecule has 4 aromatic rings. The maximum atomic E-state index is 13.4. The summed E-state index contributed by atoms with van der Waals surface area (Å²) in [5, 5.41) is 7.57. The molecule has 0 aliphatic rings. The smallest absolute Gasteiger partial charge is 0.282 e. The van der Waals surface area contributed by atoms with Crippen LogP contribution in [0.15, 0.2) is 73.4 Å². The van der Waals surface area contributed by atoms with Gasteiger partial charge in [-0.2, -0.15) is 9.78 Å². The Morgan fingerprint density at radius 2 is 1.85 bits per heavy atom. The van der Waals surface area contributed by atoms with E-state index in [1.54, 1.807) is 24.3 Å². The Bertz CT molecular complexity index is 1630. The van der Waals surface area contributed by atoms with Gasteiger partial charge in [-0.25, -0.2) is 9.37 Å². The lowest BCUT2D eigenvalue weighted by molar-refractivity contribution is -0.118. The molecular weight excluding hydrogens is 635 g/mol. The number of aromatic nitrogens is 2. The van der Waals surface area contributed by atoms with E-state index in [0.29, 0.717) is 43.9 Å². The van der Waals surface area contributed by atoms with Gasteiger partial charge in [0.05, 0.1) is 28.7 Å². The Morgan fingerprint density at radius 3 is 2.51 bits per heavy atom. The van der Waals surface area contributed by atoms with Crippen molar-refractivity contribution in [3.05, 3.63) is 91.1 Å². The average molecular weight is 660 g/mol. The van der Waals surface area contributed by atoms with E-state index in [2.05, 4.69) is 42.3 Å². The number of carbonyl (C=O) groups excluding carboxylic acids is 1. The lowest BCUT2D eigenvalue weighted by Gasteiger charge is -2.21. The molecule has 0 atom stereocenters. The van der Waals surface area contributed by atoms with Crippen LogP contribution in [-0.2, 0) is 10.2 Å². The molecule has 1 aromatic heterocycles. The van der Waals surface area contributed by atoms with Crippen molar-refractivity contribution in [1.29, 1.82) is 0 Å². The minimum Gasteiger partial charge on any atom is -0.493 e. The molecule has 8 nitrogen and oxygen atoms in total. The molecule has 202 valence electrons. The molecule has 1 N–H and O–H groups in total. The Hall–Kier alpha value is -3.57. The first-order valence-electron chi connectivity index (χ1n) is 11.8. The van der Waals surface area contributed by atoms with Gasteiger partial charge in [0.15, 0.2) is 18.1 Å². The lowest BCUT2D eigenvalue weighted by Crippen LogP contribution is -2.29. The van der Waals surface area contributed by atoms with Gasteiger partial charge in [0.2, 0.25) is 0 Å². The third-order valence-corrected chi connectivity index (χ3v) is 6.61. The molecule has 11 heteroatoms. The Kier molecular flexibility index (Phi) is 8.51. The summed E-state index contributed by atoms with van der Waals surface area (Å²) >= 11 is 6.88. The molecular formula is C28H25Br2FN4O4.